The van der Waals surface area contributed by atoms with E-state index >= 15 is 0 Å². The van der Waals surface area contributed by atoms with Crippen molar-refractivity contribution < 1.29 is 14.3 Å². The summed E-state index contributed by atoms with van der Waals surface area (Å²) in [6, 6.07) is 7.71. The molecule has 0 spiro atoms. The normalized spacial score (nSPS) is 16.3. The molecule has 0 atom stereocenters. The molecule has 2 aliphatic rings. The third-order valence-corrected chi connectivity index (χ3v) is 4.75. The molecule has 0 fully saturated rings. The van der Waals surface area contributed by atoms with Crippen LogP contribution in [0.3, 0.4) is 0 Å². The fraction of sp³-hybridized carbons (Fsp3) is 0.0476. The maximum atomic E-state index is 12.6. The van der Waals surface area contributed by atoms with Crippen LogP contribution in [0.2, 0.25) is 0 Å². The predicted molar refractivity (Wildman–Crippen MR) is 98.9 cm³/mol. The van der Waals surface area contributed by atoms with E-state index in [4.69, 9.17) is 4.74 Å². The van der Waals surface area contributed by atoms with Crippen LogP contribution >= 0.6 is 0 Å². The van der Waals surface area contributed by atoms with Gasteiger partial charge in [-0.3, -0.25) is 4.79 Å². The van der Waals surface area contributed by atoms with Gasteiger partial charge in [-0.2, -0.15) is 0 Å². The zero-order valence-electron chi connectivity index (χ0n) is 13.7. The summed E-state index contributed by atoms with van der Waals surface area (Å²) in [5.74, 6) is -1.15. The summed E-state index contributed by atoms with van der Waals surface area (Å²) < 4.78 is 5.40. The largest absolute Gasteiger partial charge is 0.419 e. The van der Waals surface area contributed by atoms with E-state index in [-0.39, 0.29) is 0 Å². The molecule has 3 aromatic rings. The van der Waals surface area contributed by atoms with Gasteiger partial charge in [0.2, 0.25) is 0 Å². The molecule has 0 amide bonds. The van der Waals surface area contributed by atoms with Crippen LogP contribution in [0, 0.1) is 0 Å². The van der Waals surface area contributed by atoms with Gasteiger partial charge in [-0.1, -0.05) is 42.5 Å². The van der Waals surface area contributed by atoms with E-state index < -0.39 is 11.8 Å². The Balaban J connectivity index is 1.83. The van der Waals surface area contributed by atoms with Gasteiger partial charge < -0.3 is 14.7 Å². The summed E-state index contributed by atoms with van der Waals surface area (Å²) in [4.78, 5) is 31.1. The van der Waals surface area contributed by atoms with Crippen molar-refractivity contribution in [2.45, 2.75) is 6.42 Å². The molecule has 1 aliphatic heterocycles. The van der Waals surface area contributed by atoms with E-state index in [0.717, 1.165) is 27.9 Å². The monoisotopic (exact) mass is 342 g/mol. The number of ether oxygens (including phenoxy) is 1. The van der Waals surface area contributed by atoms with E-state index in [1.807, 2.05) is 48.6 Å². The number of ketones is 1. The number of cyclic esters (lactones) is 1. The Bertz CT molecular complexity index is 1270. The highest BCUT2D eigenvalue weighted by Gasteiger charge is 2.37. The first-order valence-corrected chi connectivity index (χ1v) is 8.36. The lowest BCUT2D eigenvalue weighted by atomic mass is 9.99. The average Bonchev–Trinajstić information content (AvgIpc) is 3.27. The number of Topliss-reactive ketones (excluding diaryl/α,β-unsaturated/α-hetero) is 1. The number of aromatic amines is 2. The number of allylic oxidation sites excluding steroid dienone is 2. The van der Waals surface area contributed by atoms with Crippen molar-refractivity contribution in [1.29, 1.82) is 0 Å². The number of H-pyrrole nitrogens is 2. The van der Waals surface area contributed by atoms with Crippen LogP contribution in [0.4, 0.5) is 0 Å². The molecule has 0 unspecified atom stereocenters. The first-order chi connectivity index (χ1) is 12.7. The highest BCUT2D eigenvalue weighted by Crippen LogP contribution is 2.35. The Labute approximate surface area is 148 Å². The standard InChI is InChI=1S/C21H14N2O3/c24-19-18(14-10-22-16-8-3-1-2-6-12(14)16)20(26-21(19)25)15-11-23-17-9-5-4-7-13(15)17/h1-2,4-11,22-23H,3H2. The van der Waals surface area contributed by atoms with Crippen LogP contribution < -0.4 is 10.6 Å². The number of nitrogens with one attached hydrogen (secondary N) is 2. The molecule has 5 nitrogen and oxygen atoms in total. The van der Waals surface area contributed by atoms with Crippen molar-refractivity contribution in [1.82, 2.24) is 9.97 Å². The van der Waals surface area contributed by atoms with Gasteiger partial charge in [0.25, 0.3) is 5.78 Å². The molecule has 126 valence electrons. The van der Waals surface area contributed by atoms with E-state index in [0.29, 0.717) is 22.5 Å². The van der Waals surface area contributed by atoms with Gasteiger partial charge in [-0.25, -0.2) is 4.79 Å². The van der Waals surface area contributed by atoms with E-state index in [1.165, 1.54) is 0 Å². The van der Waals surface area contributed by atoms with Gasteiger partial charge in [0.1, 0.15) is 0 Å². The number of hydrogen-bond donors (Lipinski definition) is 2. The van der Waals surface area contributed by atoms with E-state index in [9.17, 15) is 9.59 Å². The molecule has 2 N–H and O–H groups in total. The molecule has 3 heterocycles. The molecular weight excluding hydrogens is 328 g/mol. The minimum atomic E-state index is -0.844. The number of esters is 1. The fourth-order valence-electron chi connectivity index (χ4n) is 3.52. The Morgan fingerprint density at radius 3 is 2.77 bits per heavy atom. The highest BCUT2D eigenvalue weighted by atomic mass is 16.5. The lowest BCUT2D eigenvalue weighted by Crippen LogP contribution is -2.25. The second-order valence-electron chi connectivity index (χ2n) is 6.24. The summed E-state index contributed by atoms with van der Waals surface area (Å²) in [6.07, 6.45) is 12.3. The quantitative estimate of drug-likeness (QED) is 0.553. The molecule has 0 bridgehead atoms. The van der Waals surface area contributed by atoms with Crippen molar-refractivity contribution in [2.24, 2.45) is 0 Å². The van der Waals surface area contributed by atoms with Crippen molar-refractivity contribution >= 4 is 46.1 Å². The Morgan fingerprint density at radius 2 is 1.85 bits per heavy atom. The maximum absolute atomic E-state index is 12.6. The molecule has 1 aliphatic carbocycles. The summed E-state index contributed by atoms with van der Waals surface area (Å²) in [6.45, 7) is 0. The van der Waals surface area contributed by atoms with Crippen molar-refractivity contribution in [3.63, 3.8) is 0 Å². The summed E-state index contributed by atoms with van der Waals surface area (Å²) in [5, 5.41) is 2.72. The molecule has 5 rings (SSSR count). The van der Waals surface area contributed by atoms with Crippen LogP contribution in [-0.4, -0.2) is 21.7 Å². The van der Waals surface area contributed by atoms with Crippen LogP contribution in [0.5, 0.6) is 0 Å². The number of benzene rings is 1. The molecule has 5 heteroatoms. The predicted octanol–water partition coefficient (Wildman–Crippen LogP) is 2.01. The number of carbonyl (C=O) groups is 2. The Hall–Kier alpha value is -3.60. The third kappa shape index (κ3) is 2.04. The number of fused-ring (bicyclic) bond motifs is 2. The topological polar surface area (TPSA) is 75.0 Å². The van der Waals surface area contributed by atoms with E-state index in [1.54, 1.807) is 12.4 Å². The first-order valence-electron chi connectivity index (χ1n) is 8.36. The van der Waals surface area contributed by atoms with Crippen molar-refractivity contribution in [2.75, 3.05) is 0 Å². The van der Waals surface area contributed by atoms with Crippen LogP contribution in [0.25, 0.3) is 34.4 Å². The summed E-state index contributed by atoms with van der Waals surface area (Å²) in [7, 11) is 0. The second-order valence-corrected chi connectivity index (χ2v) is 6.24. The minimum Gasteiger partial charge on any atom is -0.419 e. The van der Waals surface area contributed by atoms with Gasteiger partial charge in [-0.05, 0) is 12.5 Å². The zero-order valence-corrected chi connectivity index (χ0v) is 13.7. The van der Waals surface area contributed by atoms with Gasteiger partial charge in [0.15, 0.2) is 5.76 Å². The second kappa shape index (κ2) is 5.46. The Morgan fingerprint density at radius 1 is 1.00 bits per heavy atom. The van der Waals surface area contributed by atoms with Gasteiger partial charge in [0.05, 0.1) is 5.57 Å². The SMILES string of the molecule is O=C1OC(c2c[nH]c3ccccc23)=C(c2c[nH]c3c2=CC=CCC=3)C1=O. The molecule has 2 aromatic heterocycles. The molecule has 26 heavy (non-hydrogen) atoms. The van der Waals surface area contributed by atoms with Crippen LogP contribution in [-0.2, 0) is 14.3 Å². The number of hydrogen-bond acceptors (Lipinski definition) is 3. The smallest absolute Gasteiger partial charge is 0.385 e. The van der Waals surface area contributed by atoms with Gasteiger partial charge in [0, 0.05) is 45.0 Å². The van der Waals surface area contributed by atoms with Gasteiger partial charge in [-0.15, -0.1) is 0 Å². The van der Waals surface area contributed by atoms with Gasteiger partial charge >= 0.3 is 5.97 Å². The molecule has 0 radical (unpaired) electrons. The number of rotatable bonds is 2. The first kappa shape index (κ1) is 14.7. The summed E-state index contributed by atoms with van der Waals surface area (Å²) in [5.41, 5.74) is 2.61. The zero-order chi connectivity index (χ0) is 17.7. The highest BCUT2D eigenvalue weighted by molar-refractivity contribution is 6.58. The number of aromatic nitrogens is 2. The van der Waals surface area contributed by atoms with Crippen LogP contribution in [0.1, 0.15) is 17.5 Å². The number of carbonyl (C=O) groups excluding carboxylic acids is 2. The summed E-state index contributed by atoms with van der Waals surface area (Å²) >= 11 is 0. The molecule has 0 saturated carbocycles. The maximum Gasteiger partial charge on any atom is 0.385 e. The van der Waals surface area contributed by atoms with E-state index in [2.05, 4.69) is 9.97 Å². The molecule has 1 aromatic carbocycles. The van der Waals surface area contributed by atoms with Crippen molar-refractivity contribution in [3.8, 4) is 0 Å². The molecule has 0 saturated heterocycles. The molecular formula is C21H14N2O3. The van der Waals surface area contributed by atoms with Crippen molar-refractivity contribution in [3.05, 3.63) is 70.5 Å². The third-order valence-electron chi connectivity index (χ3n) is 4.75. The Kier molecular flexibility index (Phi) is 3.09. The fourth-order valence-corrected chi connectivity index (χ4v) is 3.52. The van der Waals surface area contributed by atoms with Crippen LogP contribution in [0.15, 0.2) is 48.8 Å². The average molecular weight is 342 g/mol. The number of para-hydroxylation sites is 1. The minimum absolute atomic E-state index is 0.303. The lowest BCUT2D eigenvalue weighted by Gasteiger charge is -2.02. The lowest BCUT2D eigenvalue weighted by molar-refractivity contribution is -0.144.